The monoisotopic (exact) mass is 252 g/mol. The number of anilines is 1. The molecule has 0 aromatic carbocycles. The van der Waals surface area contributed by atoms with E-state index in [2.05, 4.69) is 4.98 Å². The van der Waals surface area contributed by atoms with E-state index in [1.165, 1.54) is 19.2 Å². The molecule has 7 heteroatoms. The Morgan fingerprint density at radius 2 is 2.39 bits per heavy atom. The quantitative estimate of drug-likeness (QED) is 0.635. The average Bonchev–Trinajstić information content (AvgIpc) is 2.38. The lowest BCUT2D eigenvalue weighted by molar-refractivity contribution is -0.384. The second-order valence-corrected chi connectivity index (χ2v) is 4.30. The van der Waals surface area contributed by atoms with Crippen LogP contribution >= 0.6 is 0 Å². The van der Waals surface area contributed by atoms with E-state index in [0.29, 0.717) is 18.2 Å². The van der Waals surface area contributed by atoms with E-state index in [0.717, 1.165) is 19.4 Å². The van der Waals surface area contributed by atoms with Gasteiger partial charge in [0.1, 0.15) is 0 Å². The van der Waals surface area contributed by atoms with Gasteiger partial charge in [-0.25, -0.2) is 0 Å². The van der Waals surface area contributed by atoms with Gasteiger partial charge in [-0.1, -0.05) is 0 Å². The number of pyridine rings is 1. The summed E-state index contributed by atoms with van der Waals surface area (Å²) in [5, 5.41) is 11.0. The van der Waals surface area contributed by atoms with Crippen LogP contribution in [0.1, 0.15) is 12.8 Å². The third-order valence-corrected chi connectivity index (χ3v) is 2.99. The largest absolute Gasteiger partial charge is 0.481 e. The zero-order chi connectivity index (χ0) is 13.1. The smallest absolute Gasteiger partial charge is 0.311 e. The Balaban J connectivity index is 2.36. The molecule has 0 amide bonds. The SMILES string of the molecule is COc1ccc([N+](=O)[O-])c(N2CCCC(N)C2)n1. The minimum Gasteiger partial charge on any atom is -0.481 e. The molecule has 18 heavy (non-hydrogen) atoms. The Bertz CT molecular complexity index is 452. The van der Waals surface area contributed by atoms with Crippen LogP contribution in [0, 0.1) is 10.1 Å². The van der Waals surface area contributed by atoms with Crippen molar-refractivity contribution in [3.05, 3.63) is 22.2 Å². The fraction of sp³-hybridized carbons (Fsp3) is 0.545. The van der Waals surface area contributed by atoms with E-state index in [4.69, 9.17) is 10.5 Å². The highest BCUT2D eigenvalue weighted by Crippen LogP contribution is 2.30. The summed E-state index contributed by atoms with van der Waals surface area (Å²) in [5.74, 6) is 0.712. The van der Waals surface area contributed by atoms with Gasteiger partial charge in [-0.3, -0.25) is 10.1 Å². The average molecular weight is 252 g/mol. The van der Waals surface area contributed by atoms with Crippen molar-refractivity contribution < 1.29 is 9.66 Å². The van der Waals surface area contributed by atoms with Crippen molar-refractivity contribution in [3.63, 3.8) is 0 Å². The molecule has 1 aromatic rings. The van der Waals surface area contributed by atoms with Gasteiger partial charge in [0.05, 0.1) is 12.0 Å². The van der Waals surface area contributed by atoms with Gasteiger partial charge in [0.2, 0.25) is 11.7 Å². The summed E-state index contributed by atoms with van der Waals surface area (Å²) in [6.45, 7) is 1.32. The van der Waals surface area contributed by atoms with E-state index in [-0.39, 0.29) is 11.7 Å². The van der Waals surface area contributed by atoms with Crippen LogP contribution in [0.2, 0.25) is 0 Å². The number of nitrogens with zero attached hydrogens (tertiary/aromatic N) is 3. The molecule has 98 valence electrons. The van der Waals surface area contributed by atoms with Gasteiger partial charge in [-0.05, 0) is 12.8 Å². The lowest BCUT2D eigenvalue weighted by atomic mass is 10.1. The summed E-state index contributed by atoms with van der Waals surface area (Å²) in [4.78, 5) is 16.6. The third-order valence-electron chi connectivity index (χ3n) is 2.99. The summed E-state index contributed by atoms with van der Waals surface area (Å²) in [7, 11) is 1.49. The molecule has 0 aliphatic carbocycles. The lowest BCUT2D eigenvalue weighted by Crippen LogP contribution is -2.43. The molecule has 2 rings (SSSR count). The number of piperidine rings is 1. The normalized spacial score (nSPS) is 19.7. The van der Waals surface area contributed by atoms with Crippen LogP contribution in [0.3, 0.4) is 0 Å². The van der Waals surface area contributed by atoms with Gasteiger partial charge < -0.3 is 15.4 Å². The molecule has 1 saturated heterocycles. The van der Waals surface area contributed by atoms with Gasteiger partial charge in [0.15, 0.2) is 0 Å². The van der Waals surface area contributed by atoms with Crippen LogP contribution in [0.5, 0.6) is 5.88 Å². The summed E-state index contributed by atoms with van der Waals surface area (Å²) >= 11 is 0. The van der Waals surface area contributed by atoms with E-state index in [9.17, 15) is 10.1 Å². The fourth-order valence-electron chi connectivity index (χ4n) is 2.11. The number of aromatic nitrogens is 1. The summed E-state index contributed by atoms with van der Waals surface area (Å²) in [5.41, 5.74) is 5.88. The third kappa shape index (κ3) is 2.51. The van der Waals surface area contributed by atoms with Gasteiger partial charge in [-0.15, -0.1) is 0 Å². The lowest BCUT2D eigenvalue weighted by Gasteiger charge is -2.31. The maximum atomic E-state index is 11.0. The molecule has 1 aliphatic heterocycles. The number of hydrogen-bond acceptors (Lipinski definition) is 6. The molecule has 0 saturated carbocycles. The van der Waals surface area contributed by atoms with E-state index in [1.807, 2.05) is 4.90 Å². The summed E-state index contributed by atoms with van der Waals surface area (Å²) < 4.78 is 5.02. The first-order valence-corrected chi connectivity index (χ1v) is 5.81. The highest BCUT2D eigenvalue weighted by molar-refractivity contribution is 5.59. The van der Waals surface area contributed by atoms with E-state index in [1.54, 1.807) is 0 Å². The fourth-order valence-corrected chi connectivity index (χ4v) is 2.11. The molecular formula is C11H16N4O3. The first-order chi connectivity index (χ1) is 8.61. The number of nitro groups is 1. The molecule has 1 atom stereocenters. The maximum Gasteiger partial charge on any atom is 0.311 e. The van der Waals surface area contributed by atoms with Gasteiger partial charge >= 0.3 is 5.69 Å². The summed E-state index contributed by atoms with van der Waals surface area (Å²) in [6, 6.07) is 2.94. The van der Waals surface area contributed by atoms with E-state index >= 15 is 0 Å². The van der Waals surface area contributed by atoms with Crippen molar-refractivity contribution in [1.29, 1.82) is 0 Å². The molecule has 1 aliphatic rings. The van der Waals surface area contributed by atoms with Crippen molar-refractivity contribution in [2.75, 3.05) is 25.1 Å². The molecule has 1 aromatic heterocycles. The molecule has 0 radical (unpaired) electrons. The molecule has 7 nitrogen and oxygen atoms in total. The zero-order valence-electron chi connectivity index (χ0n) is 10.2. The number of methoxy groups -OCH3 is 1. The van der Waals surface area contributed by atoms with Crippen LogP contribution in [0.25, 0.3) is 0 Å². The zero-order valence-corrected chi connectivity index (χ0v) is 10.2. The predicted octanol–water partition coefficient (Wildman–Crippen LogP) is 0.926. The molecule has 1 unspecified atom stereocenters. The molecule has 0 bridgehead atoms. The Kier molecular flexibility index (Phi) is 3.61. The van der Waals surface area contributed by atoms with Crippen molar-refractivity contribution in [2.45, 2.75) is 18.9 Å². The molecule has 1 fully saturated rings. The highest BCUT2D eigenvalue weighted by atomic mass is 16.6. The Hall–Kier alpha value is -1.89. The first-order valence-electron chi connectivity index (χ1n) is 5.81. The number of rotatable bonds is 3. The van der Waals surface area contributed by atoms with Crippen LogP contribution in [-0.4, -0.2) is 36.1 Å². The Morgan fingerprint density at radius 3 is 3.00 bits per heavy atom. The Labute approximate surface area is 105 Å². The van der Waals surface area contributed by atoms with Gasteiger partial charge in [-0.2, -0.15) is 4.98 Å². The van der Waals surface area contributed by atoms with Crippen LogP contribution < -0.4 is 15.4 Å². The number of ether oxygens (including phenoxy) is 1. The minimum absolute atomic E-state index is 0.00935. The van der Waals surface area contributed by atoms with Crippen molar-refractivity contribution in [1.82, 2.24) is 4.98 Å². The van der Waals surface area contributed by atoms with Gasteiger partial charge in [0.25, 0.3) is 0 Å². The maximum absolute atomic E-state index is 11.0. The Morgan fingerprint density at radius 1 is 1.61 bits per heavy atom. The topological polar surface area (TPSA) is 94.5 Å². The molecular weight excluding hydrogens is 236 g/mol. The van der Waals surface area contributed by atoms with Crippen molar-refractivity contribution in [2.24, 2.45) is 5.73 Å². The highest BCUT2D eigenvalue weighted by Gasteiger charge is 2.25. The van der Waals surface area contributed by atoms with Crippen LogP contribution in [0.4, 0.5) is 11.5 Å². The van der Waals surface area contributed by atoms with Crippen LogP contribution in [0.15, 0.2) is 12.1 Å². The van der Waals surface area contributed by atoms with E-state index < -0.39 is 4.92 Å². The minimum atomic E-state index is -0.429. The standard InChI is InChI=1S/C11H16N4O3/c1-18-10-5-4-9(15(16)17)11(13-10)14-6-2-3-8(12)7-14/h4-5,8H,2-3,6-7,12H2,1H3. The second-order valence-electron chi connectivity index (χ2n) is 4.30. The van der Waals surface area contributed by atoms with Crippen molar-refractivity contribution in [3.8, 4) is 5.88 Å². The predicted molar refractivity (Wildman–Crippen MR) is 66.9 cm³/mol. The number of hydrogen-bond donors (Lipinski definition) is 1. The second kappa shape index (κ2) is 5.18. The molecule has 2 N–H and O–H groups in total. The molecule has 0 spiro atoms. The van der Waals surface area contributed by atoms with Crippen molar-refractivity contribution >= 4 is 11.5 Å². The molecule has 2 heterocycles. The number of nitrogens with two attached hydrogens (primary N) is 1. The summed E-state index contributed by atoms with van der Waals surface area (Å²) in [6.07, 6.45) is 1.85. The van der Waals surface area contributed by atoms with Crippen LogP contribution in [-0.2, 0) is 0 Å². The first kappa shape index (κ1) is 12.6. The van der Waals surface area contributed by atoms with Gasteiger partial charge in [0, 0.05) is 31.3 Å².